The molecule has 1 unspecified atom stereocenters. The zero-order valence-electron chi connectivity index (χ0n) is 17.2. The standard InChI is InChI=1S/C19H32N4O3S.HI/c1-5-22(6-2)16-11-13-23(15-16)19(20-3)21-12-14-26-17-7-9-18(10-8-17)27(4,24)25;/h7-10,16H,5-6,11-15H2,1-4H3,(H,20,21);1H. The molecule has 1 saturated heterocycles. The van der Waals surface area contributed by atoms with Gasteiger partial charge in [0, 0.05) is 32.4 Å². The highest BCUT2D eigenvalue weighted by Gasteiger charge is 2.27. The average Bonchev–Trinajstić information content (AvgIpc) is 3.12. The van der Waals surface area contributed by atoms with Crippen LogP contribution in [-0.2, 0) is 9.84 Å². The molecule has 9 heteroatoms. The van der Waals surface area contributed by atoms with E-state index in [4.69, 9.17) is 4.74 Å². The molecule has 1 aromatic rings. The van der Waals surface area contributed by atoms with Gasteiger partial charge in [-0.25, -0.2) is 8.42 Å². The van der Waals surface area contributed by atoms with Crippen molar-refractivity contribution in [1.82, 2.24) is 15.1 Å². The van der Waals surface area contributed by atoms with E-state index in [0.29, 0.717) is 29.8 Å². The number of hydrogen-bond acceptors (Lipinski definition) is 5. The maximum Gasteiger partial charge on any atom is 0.193 e. The molecule has 160 valence electrons. The van der Waals surface area contributed by atoms with Crippen LogP contribution in [0, 0.1) is 0 Å². The number of likely N-dealkylation sites (tertiary alicyclic amines) is 1. The summed E-state index contributed by atoms with van der Waals surface area (Å²) in [6, 6.07) is 7.08. The molecule has 0 spiro atoms. The molecular formula is C19H33IN4O3S. The van der Waals surface area contributed by atoms with Crippen molar-refractivity contribution in [2.24, 2.45) is 4.99 Å². The Bertz CT molecular complexity index is 721. The molecule has 1 atom stereocenters. The summed E-state index contributed by atoms with van der Waals surface area (Å²) in [6.07, 6.45) is 2.35. The van der Waals surface area contributed by atoms with Crippen LogP contribution in [0.3, 0.4) is 0 Å². The summed E-state index contributed by atoms with van der Waals surface area (Å²) in [7, 11) is -1.37. The van der Waals surface area contributed by atoms with Gasteiger partial charge in [0.2, 0.25) is 0 Å². The highest BCUT2D eigenvalue weighted by molar-refractivity contribution is 14.0. The lowest BCUT2D eigenvalue weighted by atomic mass is 10.2. The smallest absolute Gasteiger partial charge is 0.193 e. The minimum atomic E-state index is -3.18. The number of sulfone groups is 1. The Balaban J connectivity index is 0.00000392. The predicted molar refractivity (Wildman–Crippen MR) is 125 cm³/mol. The molecule has 1 aliphatic rings. The van der Waals surface area contributed by atoms with Crippen molar-refractivity contribution < 1.29 is 13.2 Å². The van der Waals surface area contributed by atoms with Crippen LogP contribution < -0.4 is 10.1 Å². The van der Waals surface area contributed by atoms with Crippen LogP contribution in [0.1, 0.15) is 20.3 Å². The number of benzene rings is 1. The van der Waals surface area contributed by atoms with Crippen molar-refractivity contribution in [3.05, 3.63) is 24.3 Å². The number of nitrogens with zero attached hydrogens (tertiary/aromatic N) is 3. The highest BCUT2D eigenvalue weighted by atomic mass is 127. The van der Waals surface area contributed by atoms with Crippen molar-refractivity contribution in [3.63, 3.8) is 0 Å². The van der Waals surface area contributed by atoms with Crippen LogP contribution in [0.15, 0.2) is 34.2 Å². The number of nitrogens with one attached hydrogen (secondary N) is 1. The third-order valence-corrected chi connectivity index (χ3v) is 6.04. The molecule has 0 amide bonds. The number of guanidine groups is 1. The normalized spacial score (nSPS) is 17.5. The Morgan fingerprint density at radius 2 is 1.93 bits per heavy atom. The van der Waals surface area contributed by atoms with E-state index >= 15 is 0 Å². The highest BCUT2D eigenvalue weighted by Crippen LogP contribution is 2.16. The molecule has 0 radical (unpaired) electrons. The van der Waals surface area contributed by atoms with Crippen LogP contribution in [-0.4, -0.2) is 82.9 Å². The molecule has 28 heavy (non-hydrogen) atoms. The fraction of sp³-hybridized carbons (Fsp3) is 0.632. The molecule has 1 aliphatic heterocycles. The molecule has 0 saturated carbocycles. The molecule has 7 nitrogen and oxygen atoms in total. The quantitative estimate of drug-likeness (QED) is 0.243. The second-order valence-corrected chi connectivity index (χ2v) is 8.69. The van der Waals surface area contributed by atoms with E-state index in [0.717, 1.165) is 38.6 Å². The van der Waals surface area contributed by atoms with Crippen molar-refractivity contribution >= 4 is 39.8 Å². The van der Waals surface area contributed by atoms with Gasteiger partial charge in [-0.2, -0.15) is 0 Å². The van der Waals surface area contributed by atoms with Gasteiger partial charge in [-0.1, -0.05) is 13.8 Å². The second-order valence-electron chi connectivity index (χ2n) is 6.68. The van der Waals surface area contributed by atoms with Gasteiger partial charge in [-0.3, -0.25) is 9.89 Å². The number of ether oxygens (including phenoxy) is 1. The minimum absolute atomic E-state index is 0. The summed E-state index contributed by atoms with van der Waals surface area (Å²) in [4.78, 5) is 9.48. The van der Waals surface area contributed by atoms with Gasteiger partial charge in [0.05, 0.1) is 11.4 Å². The Labute approximate surface area is 186 Å². The lowest BCUT2D eigenvalue weighted by Gasteiger charge is -2.27. The fourth-order valence-corrected chi connectivity index (χ4v) is 4.05. The molecule has 0 aliphatic carbocycles. The number of likely N-dealkylation sites (N-methyl/N-ethyl adjacent to an activating group) is 1. The Hall–Kier alpha value is -1.07. The van der Waals surface area contributed by atoms with Gasteiger partial charge in [0.25, 0.3) is 0 Å². The van der Waals surface area contributed by atoms with E-state index < -0.39 is 9.84 Å². The third-order valence-electron chi connectivity index (χ3n) is 4.91. The van der Waals surface area contributed by atoms with Gasteiger partial charge in [-0.05, 0) is 43.8 Å². The zero-order valence-corrected chi connectivity index (χ0v) is 20.4. The van der Waals surface area contributed by atoms with E-state index in [-0.39, 0.29) is 24.0 Å². The summed E-state index contributed by atoms with van der Waals surface area (Å²) in [6.45, 7) is 9.68. The molecule has 0 bridgehead atoms. The molecule has 0 aromatic heterocycles. The topological polar surface area (TPSA) is 74.2 Å². The Morgan fingerprint density at radius 3 is 2.46 bits per heavy atom. The first-order chi connectivity index (χ1) is 12.9. The Kier molecular flexibility index (Phi) is 10.5. The predicted octanol–water partition coefficient (Wildman–Crippen LogP) is 2.08. The summed E-state index contributed by atoms with van der Waals surface area (Å²) in [5.74, 6) is 1.56. The largest absolute Gasteiger partial charge is 0.492 e. The average molecular weight is 524 g/mol. The minimum Gasteiger partial charge on any atom is -0.492 e. The van der Waals surface area contributed by atoms with E-state index in [2.05, 4.69) is 34.0 Å². The maximum atomic E-state index is 11.5. The van der Waals surface area contributed by atoms with Crippen LogP contribution >= 0.6 is 24.0 Å². The first kappa shape index (κ1) is 25.0. The van der Waals surface area contributed by atoms with Gasteiger partial charge in [0.15, 0.2) is 15.8 Å². The van der Waals surface area contributed by atoms with Crippen molar-refractivity contribution in [2.75, 3.05) is 52.6 Å². The Morgan fingerprint density at radius 1 is 1.29 bits per heavy atom. The second kappa shape index (κ2) is 11.8. The monoisotopic (exact) mass is 524 g/mol. The van der Waals surface area contributed by atoms with Crippen LogP contribution in [0.25, 0.3) is 0 Å². The van der Waals surface area contributed by atoms with E-state index in [9.17, 15) is 8.42 Å². The maximum absolute atomic E-state index is 11.5. The molecule has 1 heterocycles. The van der Waals surface area contributed by atoms with Crippen molar-refractivity contribution in [1.29, 1.82) is 0 Å². The molecule has 1 fully saturated rings. The fourth-order valence-electron chi connectivity index (χ4n) is 3.42. The van der Waals surface area contributed by atoms with E-state index in [1.165, 1.54) is 6.26 Å². The summed E-state index contributed by atoms with van der Waals surface area (Å²) in [5.41, 5.74) is 0. The molecular weight excluding hydrogens is 491 g/mol. The van der Waals surface area contributed by atoms with Gasteiger partial charge >= 0.3 is 0 Å². The van der Waals surface area contributed by atoms with Crippen molar-refractivity contribution in [2.45, 2.75) is 31.2 Å². The molecule has 2 rings (SSSR count). The van der Waals surface area contributed by atoms with E-state index in [1.54, 1.807) is 31.3 Å². The van der Waals surface area contributed by atoms with Gasteiger partial charge in [0.1, 0.15) is 12.4 Å². The lowest BCUT2D eigenvalue weighted by Crippen LogP contribution is -2.44. The van der Waals surface area contributed by atoms with Crippen LogP contribution in [0.2, 0.25) is 0 Å². The lowest BCUT2D eigenvalue weighted by molar-refractivity contribution is 0.223. The SMILES string of the molecule is CCN(CC)C1CCN(C(=NC)NCCOc2ccc(S(C)(=O)=O)cc2)C1.I. The van der Waals surface area contributed by atoms with Gasteiger partial charge in [-0.15, -0.1) is 24.0 Å². The number of aliphatic imine (C=N–C) groups is 1. The zero-order chi connectivity index (χ0) is 19.9. The van der Waals surface area contributed by atoms with Crippen LogP contribution in [0.4, 0.5) is 0 Å². The van der Waals surface area contributed by atoms with Crippen molar-refractivity contribution in [3.8, 4) is 5.75 Å². The molecule has 1 aromatic carbocycles. The number of rotatable bonds is 8. The first-order valence-corrected chi connectivity index (χ1v) is 11.4. The first-order valence-electron chi connectivity index (χ1n) is 9.51. The summed E-state index contributed by atoms with van der Waals surface area (Å²) >= 11 is 0. The summed E-state index contributed by atoms with van der Waals surface area (Å²) < 4.78 is 28.6. The van der Waals surface area contributed by atoms with Crippen LogP contribution in [0.5, 0.6) is 5.75 Å². The number of halogens is 1. The molecule has 1 N–H and O–H groups in total. The van der Waals surface area contributed by atoms with Gasteiger partial charge < -0.3 is 15.0 Å². The third kappa shape index (κ3) is 7.07. The van der Waals surface area contributed by atoms with E-state index in [1.807, 2.05) is 0 Å². The summed E-state index contributed by atoms with van der Waals surface area (Å²) in [5, 5.41) is 3.35. The number of hydrogen-bond donors (Lipinski definition) is 1.